The van der Waals surface area contributed by atoms with Gasteiger partial charge >= 0.3 is 12.1 Å². The van der Waals surface area contributed by atoms with Gasteiger partial charge < -0.3 is 29.1 Å². The molecule has 1 spiro atoms. The van der Waals surface area contributed by atoms with Gasteiger partial charge in [-0.15, -0.1) is 5.10 Å². The molecule has 3 amide bonds. The molecule has 3 saturated heterocycles. The molecule has 7 aromatic rings. The van der Waals surface area contributed by atoms with Gasteiger partial charge in [0.2, 0.25) is 17.8 Å². The van der Waals surface area contributed by atoms with Gasteiger partial charge in [0.1, 0.15) is 42.0 Å². The summed E-state index contributed by atoms with van der Waals surface area (Å²) in [5, 5.41) is 19.4. The maximum Gasteiger partial charge on any atom is 0.421 e. The normalized spacial score (nSPS) is 22.7. The van der Waals surface area contributed by atoms with Crippen molar-refractivity contribution >= 4 is 46.5 Å². The molecule has 0 saturated carbocycles. The zero-order valence-electron chi connectivity index (χ0n) is 38.5. The SMILES string of the molecule is COCCOC(=O)N1C(=O)C2(c3cc(C#CCn4nnc5ccccc54)ccc31)C(C(=O)N1CCN(c3ncccn3)CC1)C1C(=O)OC(c3ccccc3)C(c3ccccc3)N1C2c1ccc(O)cc1. The van der Waals surface area contributed by atoms with Crippen LogP contribution in [0.15, 0.2) is 146 Å². The highest BCUT2D eigenvalue weighted by molar-refractivity contribution is 6.23. The Bertz CT molecular complexity index is 3190. The predicted octanol–water partition coefficient (Wildman–Crippen LogP) is 5.78. The fraction of sp³-hybridized carbons (Fsp3) is 0.259. The van der Waals surface area contributed by atoms with Crippen LogP contribution in [0.1, 0.15) is 46.0 Å². The lowest BCUT2D eigenvalue weighted by atomic mass is 9.65. The van der Waals surface area contributed by atoms with E-state index >= 15 is 14.4 Å². The van der Waals surface area contributed by atoms with Crippen molar-refractivity contribution in [2.45, 2.75) is 36.2 Å². The van der Waals surface area contributed by atoms with E-state index in [4.69, 9.17) is 14.2 Å². The molecule has 17 heteroatoms. The van der Waals surface area contributed by atoms with Gasteiger partial charge in [-0.25, -0.2) is 24.3 Å². The van der Waals surface area contributed by atoms with Crippen LogP contribution in [0, 0.1) is 17.8 Å². The van der Waals surface area contributed by atoms with Gasteiger partial charge in [-0.1, -0.05) is 102 Å². The minimum Gasteiger partial charge on any atom is -0.508 e. The van der Waals surface area contributed by atoms with Crippen LogP contribution < -0.4 is 9.80 Å². The summed E-state index contributed by atoms with van der Waals surface area (Å²) in [4.78, 5) is 78.3. The van der Waals surface area contributed by atoms with Crippen LogP contribution in [0.4, 0.5) is 16.4 Å². The van der Waals surface area contributed by atoms with Gasteiger partial charge in [0, 0.05) is 51.2 Å². The number of hydrogen-bond donors (Lipinski definition) is 1. The number of piperazine rings is 1. The lowest BCUT2D eigenvalue weighted by Crippen LogP contribution is -2.59. The molecule has 0 aliphatic carbocycles. The fourth-order valence-electron chi connectivity index (χ4n) is 10.9. The van der Waals surface area contributed by atoms with Crippen molar-refractivity contribution < 1.29 is 38.5 Å². The number of cyclic esters (lactones) is 1. The van der Waals surface area contributed by atoms with Gasteiger partial charge in [0.25, 0.3) is 0 Å². The molecule has 1 N–H and O–H groups in total. The van der Waals surface area contributed by atoms with Gasteiger partial charge in [0.15, 0.2) is 0 Å². The Labute approximate surface area is 408 Å². The summed E-state index contributed by atoms with van der Waals surface area (Å²) in [6.45, 7) is 1.20. The third kappa shape index (κ3) is 7.77. The van der Waals surface area contributed by atoms with E-state index in [0.717, 1.165) is 21.5 Å². The highest BCUT2D eigenvalue weighted by Crippen LogP contribution is 2.66. The molecule has 11 rings (SSSR count). The van der Waals surface area contributed by atoms with Crippen molar-refractivity contribution in [3.05, 3.63) is 174 Å². The van der Waals surface area contributed by atoms with Crippen molar-refractivity contribution in [2.24, 2.45) is 5.92 Å². The number of para-hydroxylation sites is 1. The van der Waals surface area contributed by atoms with Gasteiger partial charge in [0.05, 0.1) is 35.8 Å². The molecule has 2 aromatic heterocycles. The minimum atomic E-state index is -2.04. The maximum atomic E-state index is 16.5. The molecule has 3 fully saturated rings. The average molecular weight is 950 g/mol. The van der Waals surface area contributed by atoms with Crippen LogP contribution in [-0.2, 0) is 40.6 Å². The number of aromatic hydroxyl groups is 1. The second kappa shape index (κ2) is 18.8. The average Bonchev–Trinajstić information content (AvgIpc) is 4.06. The first-order chi connectivity index (χ1) is 34.8. The summed E-state index contributed by atoms with van der Waals surface area (Å²) < 4.78 is 19.3. The molecular formula is C54H47N9O8. The minimum absolute atomic E-state index is 0.0377. The Kier molecular flexibility index (Phi) is 11.9. The number of methoxy groups -OCH3 is 1. The standard InChI is InChI=1S/C54H47N9O8/c1-69-32-33-70-53(68)62-42-24-19-35(12-10-27-61-43-18-9-8-17-41(43)57-58-61)34-40(42)54(51(62)67)44(49(65)59-28-30-60(31-29-59)52-55-25-11-26-56-52)46-50(66)71-47(37-15-6-3-7-16-37)45(36-13-4-2-5-14-36)63(46)48(54)38-20-22-39(64)23-21-38/h2-9,11,13-26,34,44-48,64H,27-33H2,1H3. The summed E-state index contributed by atoms with van der Waals surface area (Å²) in [6.07, 6.45) is 1.41. The van der Waals surface area contributed by atoms with Crippen LogP contribution in [0.25, 0.3) is 11.0 Å². The number of phenols is 1. The van der Waals surface area contributed by atoms with E-state index in [-0.39, 0.29) is 44.3 Å². The predicted molar refractivity (Wildman–Crippen MR) is 258 cm³/mol. The molecule has 4 aliphatic rings. The zero-order chi connectivity index (χ0) is 48.6. The van der Waals surface area contributed by atoms with E-state index < -0.39 is 59.4 Å². The van der Waals surface area contributed by atoms with Crippen molar-refractivity contribution in [1.82, 2.24) is 34.8 Å². The van der Waals surface area contributed by atoms with E-state index in [1.807, 2.05) is 94.7 Å². The van der Waals surface area contributed by atoms with E-state index in [1.165, 1.54) is 19.2 Å². The molecule has 6 atom stereocenters. The Hall–Kier alpha value is -8.46. The second-order valence-corrected chi connectivity index (χ2v) is 17.7. The number of esters is 1. The van der Waals surface area contributed by atoms with Crippen molar-refractivity contribution in [3.8, 4) is 17.6 Å². The van der Waals surface area contributed by atoms with Crippen molar-refractivity contribution in [3.63, 3.8) is 0 Å². The molecule has 0 bridgehead atoms. The number of nitrogens with zero attached hydrogens (tertiary/aromatic N) is 9. The number of benzene rings is 5. The topological polar surface area (TPSA) is 186 Å². The van der Waals surface area contributed by atoms with Crippen LogP contribution in [0.2, 0.25) is 0 Å². The lowest BCUT2D eigenvalue weighted by Gasteiger charge is -2.46. The Morgan fingerprint density at radius 3 is 2.23 bits per heavy atom. The third-order valence-corrected chi connectivity index (χ3v) is 13.9. The monoisotopic (exact) mass is 949 g/mol. The number of phenolic OH excluding ortho intramolecular Hbond substituents is 1. The summed E-state index contributed by atoms with van der Waals surface area (Å²) in [5.41, 5.74) is 2.36. The summed E-state index contributed by atoms with van der Waals surface area (Å²) in [5.74, 6) is 3.47. The molecule has 71 heavy (non-hydrogen) atoms. The summed E-state index contributed by atoms with van der Waals surface area (Å²) in [6, 6.07) is 36.4. The Balaban J connectivity index is 1.14. The van der Waals surface area contributed by atoms with E-state index in [9.17, 15) is 9.90 Å². The number of rotatable bonds is 9. The number of hydrogen-bond acceptors (Lipinski definition) is 14. The first kappa shape index (κ1) is 45.0. The number of fused-ring (bicyclic) bond motifs is 4. The molecule has 356 valence electrons. The number of imide groups is 1. The molecule has 4 aliphatic heterocycles. The number of carbonyl (C=O) groups is 4. The number of amides is 3. The third-order valence-electron chi connectivity index (χ3n) is 13.9. The first-order valence-electron chi connectivity index (χ1n) is 23.4. The number of morpholine rings is 1. The van der Waals surface area contributed by atoms with Gasteiger partial charge in [-0.2, -0.15) is 0 Å². The highest BCUT2D eigenvalue weighted by Gasteiger charge is 2.76. The smallest absolute Gasteiger partial charge is 0.421 e. The van der Waals surface area contributed by atoms with Crippen LogP contribution in [0.5, 0.6) is 5.75 Å². The van der Waals surface area contributed by atoms with E-state index in [1.54, 1.807) is 58.4 Å². The number of anilines is 2. The summed E-state index contributed by atoms with van der Waals surface area (Å²) in [7, 11) is 1.47. The Morgan fingerprint density at radius 2 is 1.49 bits per heavy atom. The fourth-order valence-corrected chi connectivity index (χ4v) is 10.9. The summed E-state index contributed by atoms with van der Waals surface area (Å²) >= 11 is 0. The molecule has 17 nitrogen and oxygen atoms in total. The number of ether oxygens (including phenoxy) is 3. The molecule has 5 aromatic carbocycles. The molecule has 0 radical (unpaired) electrons. The van der Waals surface area contributed by atoms with Crippen molar-refractivity contribution in [2.75, 3.05) is 56.3 Å². The molecule has 6 unspecified atom stereocenters. The van der Waals surface area contributed by atoms with Crippen molar-refractivity contribution in [1.29, 1.82) is 0 Å². The lowest BCUT2D eigenvalue weighted by molar-refractivity contribution is -0.179. The van der Waals surface area contributed by atoms with Gasteiger partial charge in [-0.05, 0) is 70.8 Å². The first-order valence-corrected chi connectivity index (χ1v) is 23.4. The maximum absolute atomic E-state index is 16.5. The van der Waals surface area contributed by atoms with Crippen LogP contribution in [-0.4, -0.2) is 116 Å². The Morgan fingerprint density at radius 1 is 0.789 bits per heavy atom. The zero-order valence-corrected chi connectivity index (χ0v) is 38.5. The second-order valence-electron chi connectivity index (χ2n) is 17.7. The largest absolute Gasteiger partial charge is 0.508 e. The number of aromatic nitrogens is 5. The van der Waals surface area contributed by atoms with E-state index in [2.05, 4.69) is 32.1 Å². The molecule has 6 heterocycles. The van der Waals surface area contributed by atoms with Crippen LogP contribution >= 0.6 is 0 Å². The highest BCUT2D eigenvalue weighted by atomic mass is 16.6. The van der Waals surface area contributed by atoms with Gasteiger partial charge in [-0.3, -0.25) is 19.3 Å². The van der Waals surface area contributed by atoms with E-state index in [0.29, 0.717) is 41.3 Å². The number of carbonyl (C=O) groups excluding carboxylic acids is 4. The van der Waals surface area contributed by atoms with Crippen LogP contribution in [0.3, 0.4) is 0 Å². The molecular weight excluding hydrogens is 903 g/mol. The quantitative estimate of drug-likeness (QED) is 0.104.